The number of hydrogen-bond donors (Lipinski definition) is 2. The molecule has 45 heavy (non-hydrogen) atoms. The number of ether oxygens (including phenoxy) is 3. The molecule has 1 heterocycles. The van der Waals surface area contributed by atoms with E-state index in [2.05, 4.69) is 15.3 Å². The number of aliphatic hydroxyl groups is 1. The molecule has 12 nitrogen and oxygen atoms in total. The molecule has 1 amide bonds. The van der Waals surface area contributed by atoms with Crippen molar-refractivity contribution < 1.29 is 32.5 Å². The number of azide groups is 1. The van der Waals surface area contributed by atoms with Gasteiger partial charge < -0.3 is 24.6 Å². The largest absolute Gasteiger partial charge is 0.494 e. The molecule has 0 aliphatic carbocycles. The fourth-order valence-electron chi connectivity index (χ4n) is 5.00. The maximum atomic E-state index is 14.2. The summed E-state index contributed by atoms with van der Waals surface area (Å²) in [6.45, 7) is 1.06. The lowest BCUT2D eigenvalue weighted by Crippen LogP contribution is -2.49. The quantitative estimate of drug-likeness (QED) is 0.0949. The van der Waals surface area contributed by atoms with Gasteiger partial charge in [0.05, 0.1) is 23.8 Å². The Morgan fingerprint density at radius 1 is 1.07 bits per heavy atom. The first-order valence-corrected chi connectivity index (χ1v) is 16.2. The molecule has 0 saturated carbocycles. The minimum atomic E-state index is -3.80. The number of hydrogen-bond acceptors (Lipinski definition) is 9. The third kappa shape index (κ3) is 8.40. The van der Waals surface area contributed by atoms with E-state index in [1.165, 1.54) is 12.1 Å². The molecule has 0 saturated heterocycles. The van der Waals surface area contributed by atoms with Crippen molar-refractivity contribution in [3.05, 3.63) is 106 Å². The zero-order chi connectivity index (χ0) is 32.1. The van der Waals surface area contributed by atoms with E-state index in [1.54, 1.807) is 73.8 Å². The van der Waals surface area contributed by atoms with Crippen molar-refractivity contribution in [2.75, 3.05) is 39.2 Å². The number of carbonyl (C=O) groups is 1. The van der Waals surface area contributed by atoms with Gasteiger partial charge in [-0.3, -0.25) is 4.79 Å². The van der Waals surface area contributed by atoms with E-state index in [9.17, 15) is 13.2 Å². The van der Waals surface area contributed by atoms with Gasteiger partial charge in [-0.25, -0.2) is 13.4 Å². The summed E-state index contributed by atoms with van der Waals surface area (Å²) >= 11 is 0. The second kappa shape index (κ2) is 16.1. The van der Waals surface area contributed by atoms with E-state index in [1.807, 2.05) is 0 Å². The predicted molar refractivity (Wildman–Crippen MR) is 169 cm³/mol. The van der Waals surface area contributed by atoms with Crippen molar-refractivity contribution in [2.24, 2.45) is 10.1 Å². The molecule has 0 spiro atoms. The maximum Gasteiger partial charge on any atom is 0.252 e. The highest BCUT2D eigenvalue weighted by Crippen LogP contribution is 2.44. The van der Waals surface area contributed by atoms with Crippen molar-refractivity contribution in [1.29, 1.82) is 0 Å². The highest BCUT2D eigenvalue weighted by atomic mass is 32.2. The molecule has 238 valence electrons. The number of sulfone groups is 1. The molecule has 3 aromatic carbocycles. The second-order valence-electron chi connectivity index (χ2n) is 10.4. The number of methoxy groups -OCH3 is 1. The number of aliphatic imine (C=N–C) groups is 1. The Morgan fingerprint density at radius 3 is 2.51 bits per heavy atom. The molecule has 2 atom stereocenters. The van der Waals surface area contributed by atoms with Crippen LogP contribution in [-0.2, 0) is 30.7 Å². The van der Waals surface area contributed by atoms with Crippen molar-refractivity contribution >= 4 is 21.6 Å². The van der Waals surface area contributed by atoms with E-state index < -0.39 is 27.4 Å². The van der Waals surface area contributed by atoms with Gasteiger partial charge in [-0.05, 0) is 59.5 Å². The lowest BCUT2D eigenvalue weighted by molar-refractivity contribution is -0.129. The zero-order valence-electron chi connectivity index (χ0n) is 25.0. The Kier molecular flexibility index (Phi) is 11.9. The molecule has 1 aliphatic heterocycles. The molecule has 0 radical (unpaired) electrons. The van der Waals surface area contributed by atoms with E-state index in [0.717, 1.165) is 0 Å². The van der Waals surface area contributed by atoms with Gasteiger partial charge in [-0.2, -0.15) is 0 Å². The fraction of sp³-hybridized carbons (Fsp3) is 0.375. The van der Waals surface area contributed by atoms with Crippen LogP contribution in [0.25, 0.3) is 10.4 Å². The van der Waals surface area contributed by atoms with Crippen molar-refractivity contribution in [2.45, 2.75) is 42.3 Å². The molecule has 13 heteroatoms. The molecular formula is C32H37N5O7S. The summed E-state index contributed by atoms with van der Waals surface area (Å²) in [7, 11) is -2.23. The van der Waals surface area contributed by atoms with Crippen LogP contribution in [0.5, 0.6) is 5.75 Å². The van der Waals surface area contributed by atoms with Gasteiger partial charge in [0.2, 0.25) is 5.90 Å². The average molecular weight is 636 g/mol. The number of amides is 1. The predicted octanol–water partition coefficient (Wildman–Crippen LogP) is 4.53. The average Bonchev–Trinajstić information content (AvgIpc) is 3.46. The highest BCUT2D eigenvalue weighted by Gasteiger charge is 2.54. The number of rotatable bonds is 17. The van der Waals surface area contributed by atoms with Crippen molar-refractivity contribution in [1.82, 2.24) is 5.32 Å². The molecule has 0 aromatic heterocycles. The third-order valence-electron chi connectivity index (χ3n) is 7.34. The van der Waals surface area contributed by atoms with Crippen molar-refractivity contribution in [3.8, 4) is 5.75 Å². The normalized spacial score (nSPS) is 17.6. The van der Waals surface area contributed by atoms with E-state index in [0.29, 0.717) is 48.5 Å². The Bertz CT molecular complexity index is 1610. The van der Waals surface area contributed by atoms with Crippen LogP contribution in [0.15, 0.2) is 93.9 Å². The van der Waals surface area contributed by atoms with Crippen LogP contribution < -0.4 is 10.1 Å². The standard InChI is InChI=1S/C32H37N5O7S/c1-42-20-7-18-34-31(39)32(17-22-45(40,41)27-10-3-2-4-11-27)29(28-12-6-5-9-25(28)23-35-37-33)44-30(36-32)24-13-15-26(16-14-24)43-21-8-19-38/h2-6,9-16,29,38H,7-8,17-23H2,1H3,(H,34,39)/t29-,32-/m1/s1. The molecule has 4 rings (SSSR count). The van der Waals surface area contributed by atoms with Crippen LogP contribution in [-0.4, -0.2) is 70.1 Å². The van der Waals surface area contributed by atoms with Crippen LogP contribution in [0.1, 0.15) is 42.1 Å². The maximum absolute atomic E-state index is 14.2. The minimum Gasteiger partial charge on any atom is -0.494 e. The Morgan fingerprint density at radius 2 is 1.80 bits per heavy atom. The Balaban J connectivity index is 1.80. The fourth-order valence-corrected chi connectivity index (χ4v) is 6.38. The van der Waals surface area contributed by atoms with Crippen molar-refractivity contribution in [3.63, 3.8) is 0 Å². The zero-order valence-corrected chi connectivity index (χ0v) is 25.9. The van der Waals surface area contributed by atoms with E-state index in [4.69, 9.17) is 29.8 Å². The van der Waals surface area contributed by atoms with Crippen LogP contribution >= 0.6 is 0 Å². The van der Waals surface area contributed by atoms with Crippen LogP contribution in [0.2, 0.25) is 0 Å². The smallest absolute Gasteiger partial charge is 0.252 e. The monoisotopic (exact) mass is 635 g/mol. The molecule has 3 aromatic rings. The lowest BCUT2D eigenvalue weighted by Gasteiger charge is -2.31. The topological polar surface area (TPSA) is 172 Å². The summed E-state index contributed by atoms with van der Waals surface area (Å²) in [6, 6.07) is 22.1. The van der Waals surface area contributed by atoms with Gasteiger partial charge >= 0.3 is 0 Å². The molecule has 2 N–H and O–H groups in total. The van der Waals surface area contributed by atoms with E-state index in [-0.39, 0.29) is 42.7 Å². The Hall–Kier alpha value is -4.42. The van der Waals surface area contributed by atoms with Gasteiger partial charge in [0, 0.05) is 50.2 Å². The van der Waals surface area contributed by atoms with Crippen LogP contribution in [0, 0.1) is 0 Å². The summed E-state index contributed by atoms with van der Waals surface area (Å²) in [5.41, 5.74) is 9.06. The van der Waals surface area contributed by atoms with E-state index >= 15 is 0 Å². The first-order chi connectivity index (χ1) is 21.8. The third-order valence-corrected chi connectivity index (χ3v) is 9.07. The summed E-state index contributed by atoms with van der Waals surface area (Å²) < 4.78 is 44.2. The number of nitrogens with one attached hydrogen (secondary N) is 1. The van der Waals surface area contributed by atoms with Gasteiger partial charge in [0.1, 0.15) is 5.75 Å². The summed E-state index contributed by atoms with van der Waals surface area (Å²) in [6.07, 6.45) is -0.199. The summed E-state index contributed by atoms with van der Waals surface area (Å²) in [4.78, 5) is 22.1. The Labute approximate surface area is 262 Å². The number of nitrogens with zero attached hydrogens (tertiary/aromatic N) is 4. The molecular weight excluding hydrogens is 598 g/mol. The summed E-state index contributed by atoms with van der Waals surface area (Å²) in [5.74, 6) is -0.137. The number of benzene rings is 3. The number of carbonyl (C=O) groups excluding carboxylic acids is 1. The van der Waals surface area contributed by atoms with Crippen LogP contribution in [0.4, 0.5) is 0 Å². The lowest BCUT2D eigenvalue weighted by atomic mass is 9.83. The highest BCUT2D eigenvalue weighted by molar-refractivity contribution is 7.91. The number of aliphatic hydroxyl groups excluding tert-OH is 1. The molecule has 0 unspecified atom stereocenters. The van der Waals surface area contributed by atoms with Gasteiger partial charge in [0.15, 0.2) is 21.5 Å². The first kappa shape index (κ1) is 33.5. The SMILES string of the molecule is COCCCNC(=O)[C@]1(CCS(=O)(=O)c2ccccc2)N=C(c2ccc(OCCCO)cc2)O[C@@H]1c1ccccc1CN=[N+]=[N-]. The first-order valence-electron chi connectivity index (χ1n) is 14.6. The molecule has 0 fully saturated rings. The molecule has 1 aliphatic rings. The van der Waals surface area contributed by atoms with Gasteiger partial charge in [-0.1, -0.05) is 47.6 Å². The molecule has 0 bridgehead atoms. The minimum absolute atomic E-state index is 0.00437. The van der Waals surface area contributed by atoms with Gasteiger partial charge in [0.25, 0.3) is 5.91 Å². The van der Waals surface area contributed by atoms with Crippen LogP contribution in [0.3, 0.4) is 0 Å². The van der Waals surface area contributed by atoms with Gasteiger partial charge in [-0.15, -0.1) is 0 Å². The second-order valence-corrected chi connectivity index (χ2v) is 12.5. The summed E-state index contributed by atoms with van der Waals surface area (Å²) in [5, 5.41) is 15.7.